The van der Waals surface area contributed by atoms with Gasteiger partial charge in [0, 0.05) is 7.05 Å². The first-order chi connectivity index (χ1) is 6.81. The van der Waals surface area contributed by atoms with Gasteiger partial charge in [0.2, 0.25) is 0 Å². The Labute approximate surface area is 87.2 Å². The summed E-state index contributed by atoms with van der Waals surface area (Å²) in [5, 5.41) is 25.2. The molecule has 0 unspecified atom stereocenters. The minimum absolute atomic E-state index is 0.0417. The number of nitrogens with two attached hydrogens (primary N) is 1. The zero-order valence-corrected chi connectivity index (χ0v) is 8.65. The number of rotatable bonds is 4. The molecule has 8 nitrogen and oxygen atoms in total. The van der Waals surface area contributed by atoms with Crippen LogP contribution in [0.1, 0.15) is 0 Å². The summed E-state index contributed by atoms with van der Waals surface area (Å²) in [6.07, 6.45) is 0. The topological polar surface area (TPSA) is 140 Å². The first kappa shape index (κ1) is 15.6. The second-order valence-corrected chi connectivity index (χ2v) is 2.56. The van der Waals surface area contributed by atoms with Crippen molar-refractivity contribution < 1.29 is 19.8 Å². The lowest BCUT2D eigenvalue weighted by Gasteiger charge is -2.12. The highest BCUT2D eigenvalue weighted by Gasteiger charge is 2.03. The Balaban J connectivity index is 0. The van der Waals surface area contributed by atoms with E-state index in [1.54, 1.807) is 7.05 Å². The summed E-state index contributed by atoms with van der Waals surface area (Å²) in [5.41, 5.74) is 4.93. The number of carbonyl (C=O) groups is 2. The van der Waals surface area contributed by atoms with Crippen LogP contribution in [-0.4, -0.2) is 60.2 Å². The zero-order chi connectivity index (χ0) is 12.4. The Bertz CT molecular complexity index is 231. The molecule has 0 amide bonds. The van der Waals surface area contributed by atoms with Crippen LogP contribution in [0.4, 0.5) is 0 Å². The molecule has 0 aromatic rings. The Morgan fingerprint density at radius 1 is 1.40 bits per heavy atom. The van der Waals surface area contributed by atoms with E-state index in [4.69, 9.17) is 21.4 Å². The van der Waals surface area contributed by atoms with Gasteiger partial charge in [-0.1, -0.05) is 0 Å². The van der Waals surface area contributed by atoms with E-state index < -0.39 is 11.9 Å². The molecule has 6 N–H and O–H groups in total. The van der Waals surface area contributed by atoms with Gasteiger partial charge in [-0.15, -0.1) is 0 Å². The molecule has 0 atom stereocenters. The van der Waals surface area contributed by atoms with Gasteiger partial charge in [0.1, 0.15) is 6.54 Å². The lowest BCUT2D eigenvalue weighted by molar-refractivity contribution is -0.137. The highest BCUT2D eigenvalue weighted by molar-refractivity contribution is 5.79. The van der Waals surface area contributed by atoms with Crippen molar-refractivity contribution in [3.05, 3.63) is 0 Å². The highest BCUT2D eigenvalue weighted by Crippen LogP contribution is 1.76. The molecule has 0 fully saturated rings. The van der Waals surface area contributed by atoms with E-state index in [1.165, 1.54) is 7.05 Å². The molecule has 88 valence electrons. The van der Waals surface area contributed by atoms with Crippen LogP contribution in [0.5, 0.6) is 0 Å². The number of aliphatic carboxylic acids is 2. The van der Waals surface area contributed by atoms with Gasteiger partial charge in [-0.2, -0.15) is 0 Å². The molecule has 0 rings (SSSR count). The molecule has 0 radical (unpaired) electrons. The van der Waals surface area contributed by atoms with E-state index in [-0.39, 0.29) is 19.0 Å². The zero-order valence-electron chi connectivity index (χ0n) is 8.65. The number of hydrogen-bond donors (Lipinski definition) is 5. The average Bonchev–Trinajstić information content (AvgIpc) is 2.03. The molecule has 0 saturated heterocycles. The summed E-state index contributed by atoms with van der Waals surface area (Å²) in [7, 11) is 3.03. The Kier molecular flexibility index (Phi) is 9.12. The van der Waals surface area contributed by atoms with E-state index in [0.29, 0.717) is 0 Å². The fourth-order valence-electron chi connectivity index (χ4n) is 0.439. The van der Waals surface area contributed by atoms with Crippen LogP contribution in [0.3, 0.4) is 0 Å². The van der Waals surface area contributed by atoms with Crippen LogP contribution in [0.15, 0.2) is 0 Å². The Morgan fingerprint density at radius 2 is 1.87 bits per heavy atom. The van der Waals surface area contributed by atoms with Crippen molar-refractivity contribution in [1.29, 1.82) is 5.41 Å². The van der Waals surface area contributed by atoms with Crippen molar-refractivity contribution in [3.63, 3.8) is 0 Å². The number of likely N-dealkylation sites (N-methyl/N-ethyl adjacent to an activating group) is 2. The van der Waals surface area contributed by atoms with Gasteiger partial charge >= 0.3 is 11.9 Å². The fourth-order valence-corrected chi connectivity index (χ4v) is 0.439. The second-order valence-electron chi connectivity index (χ2n) is 2.56. The molecule has 0 aromatic heterocycles. The average molecular weight is 220 g/mol. The molecule has 0 saturated carbocycles. The van der Waals surface area contributed by atoms with Gasteiger partial charge in [0.05, 0.1) is 6.54 Å². The SMILES string of the molecule is CN(CC(=O)O)C(=N)N.CNCC(=O)O. The number of carboxylic acids is 2. The van der Waals surface area contributed by atoms with Gasteiger partial charge in [-0.25, -0.2) is 0 Å². The third kappa shape index (κ3) is 15.0. The standard InChI is InChI=1S/C4H9N3O2.C3H7NO2/c1-7(4(5)6)2-3(8)9;1-4-2-3(5)6/h2H2,1H3,(H3,5,6)(H,8,9);4H,2H2,1H3,(H,5,6). The van der Waals surface area contributed by atoms with Gasteiger partial charge < -0.3 is 26.2 Å². The maximum absolute atomic E-state index is 9.92. The van der Waals surface area contributed by atoms with E-state index in [9.17, 15) is 9.59 Å². The third-order valence-electron chi connectivity index (χ3n) is 1.11. The Morgan fingerprint density at radius 3 is 1.93 bits per heavy atom. The fraction of sp³-hybridized carbons (Fsp3) is 0.571. The first-order valence-corrected chi connectivity index (χ1v) is 3.94. The maximum atomic E-state index is 9.92. The van der Waals surface area contributed by atoms with Crippen LogP contribution in [0.25, 0.3) is 0 Å². The third-order valence-corrected chi connectivity index (χ3v) is 1.11. The molecular weight excluding hydrogens is 204 g/mol. The number of hydrogen-bond acceptors (Lipinski definition) is 4. The monoisotopic (exact) mass is 220 g/mol. The lowest BCUT2D eigenvalue weighted by atomic mass is 10.6. The normalized spacial score (nSPS) is 8.40. The molecule has 0 heterocycles. The summed E-state index contributed by atoms with van der Waals surface area (Å²) in [6, 6.07) is 0. The molecule has 0 spiro atoms. The molecule has 8 heteroatoms. The summed E-state index contributed by atoms with van der Waals surface area (Å²) in [4.78, 5) is 20.6. The smallest absolute Gasteiger partial charge is 0.323 e. The van der Waals surface area contributed by atoms with Crippen molar-refractivity contribution in [3.8, 4) is 0 Å². The number of nitrogens with zero attached hydrogens (tertiary/aromatic N) is 1. The maximum Gasteiger partial charge on any atom is 0.323 e. The largest absolute Gasteiger partial charge is 0.480 e. The molecule has 0 aromatic carbocycles. The minimum Gasteiger partial charge on any atom is -0.480 e. The van der Waals surface area contributed by atoms with E-state index in [1.807, 2.05) is 0 Å². The van der Waals surface area contributed by atoms with Crippen molar-refractivity contribution in [2.75, 3.05) is 27.2 Å². The summed E-state index contributed by atoms with van der Waals surface area (Å²) < 4.78 is 0. The van der Waals surface area contributed by atoms with Crippen molar-refractivity contribution in [2.24, 2.45) is 5.73 Å². The molecule has 15 heavy (non-hydrogen) atoms. The van der Waals surface area contributed by atoms with Gasteiger partial charge in [-0.3, -0.25) is 15.0 Å². The number of nitrogens with one attached hydrogen (secondary N) is 2. The van der Waals surface area contributed by atoms with Gasteiger partial charge in [0.15, 0.2) is 5.96 Å². The van der Waals surface area contributed by atoms with Crippen LogP contribution < -0.4 is 11.1 Å². The molecule has 0 bridgehead atoms. The van der Waals surface area contributed by atoms with Crippen LogP contribution in [0.2, 0.25) is 0 Å². The van der Waals surface area contributed by atoms with E-state index in [2.05, 4.69) is 5.32 Å². The summed E-state index contributed by atoms with van der Waals surface area (Å²) in [5.74, 6) is -2.05. The van der Waals surface area contributed by atoms with Crippen LogP contribution >= 0.6 is 0 Å². The van der Waals surface area contributed by atoms with Crippen molar-refractivity contribution in [2.45, 2.75) is 0 Å². The van der Waals surface area contributed by atoms with Gasteiger partial charge in [0.25, 0.3) is 0 Å². The summed E-state index contributed by atoms with van der Waals surface area (Å²) in [6.45, 7) is -0.185. The molecule has 0 aliphatic heterocycles. The van der Waals surface area contributed by atoms with Crippen LogP contribution in [-0.2, 0) is 9.59 Å². The highest BCUT2D eigenvalue weighted by atomic mass is 16.4. The Hall–Kier alpha value is -1.83. The number of guanidine groups is 1. The number of carboxylic acid groups (broad SMARTS) is 2. The molecular formula is C7H16N4O4. The van der Waals surface area contributed by atoms with Crippen molar-refractivity contribution in [1.82, 2.24) is 10.2 Å². The minimum atomic E-state index is -0.993. The van der Waals surface area contributed by atoms with Gasteiger partial charge in [-0.05, 0) is 7.05 Å². The molecule has 0 aliphatic carbocycles. The quantitative estimate of drug-likeness (QED) is 0.278. The predicted molar refractivity (Wildman–Crippen MR) is 53.7 cm³/mol. The predicted octanol–water partition coefficient (Wildman–Crippen LogP) is -1.81. The lowest BCUT2D eigenvalue weighted by Crippen LogP contribution is -2.36. The van der Waals surface area contributed by atoms with Crippen LogP contribution in [0, 0.1) is 5.41 Å². The van der Waals surface area contributed by atoms with E-state index in [0.717, 1.165) is 4.90 Å². The van der Waals surface area contributed by atoms with Crippen molar-refractivity contribution >= 4 is 17.9 Å². The van der Waals surface area contributed by atoms with E-state index >= 15 is 0 Å². The first-order valence-electron chi connectivity index (χ1n) is 3.94. The summed E-state index contributed by atoms with van der Waals surface area (Å²) >= 11 is 0. The molecule has 0 aliphatic rings. The second kappa shape index (κ2) is 8.75.